The first-order valence-corrected chi connectivity index (χ1v) is 6.93. The van der Waals surface area contributed by atoms with E-state index in [0.717, 1.165) is 19.3 Å². The summed E-state index contributed by atoms with van der Waals surface area (Å²) in [4.78, 5) is 13.8. The van der Waals surface area contributed by atoms with E-state index in [0.29, 0.717) is 6.54 Å². The molecular formula is C14H25N3O. The van der Waals surface area contributed by atoms with Gasteiger partial charge in [0.2, 0.25) is 5.91 Å². The SMILES string of the molecule is CC(C)NC(=O)CN(C)C1CCCCCC1C#N. The Morgan fingerprint density at radius 1 is 1.39 bits per heavy atom. The maximum Gasteiger partial charge on any atom is 0.234 e. The van der Waals surface area contributed by atoms with Crippen LogP contribution >= 0.6 is 0 Å². The molecule has 0 heterocycles. The quantitative estimate of drug-likeness (QED) is 0.777. The van der Waals surface area contributed by atoms with Crippen LogP contribution in [-0.4, -0.2) is 36.5 Å². The van der Waals surface area contributed by atoms with Crippen LogP contribution < -0.4 is 5.32 Å². The molecule has 0 aliphatic heterocycles. The molecular weight excluding hydrogens is 226 g/mol. The lowest BCUT2D eigenvalue weighted by atomic mass is 9.95. The molecule has 1 saturated carbocycles. The fourth-order valence-corrected chi connectivity index (χ4v) is 2.68. The van der Waals surface area contributed by atoms with Crippen LogP contribution in [-0.2, 0) is 4.79 Å². The van der Waals surface area contributed by atoms with E-state index in [4.69, 9.17) is 0 Å². The standard InChI is InChI=1S/C14H25N3O/c1-11(2)16-14(18)10-17(3)13-8-6-4-5-7-12(13)9-15/h11-13H,4-8,10H2,1-3H3,(H,16,18). The van der Waals surface area contributed by atoms with Gasteiger partial charge in [0.05, 0.1) is 18.5 Å². The van der Waals surface area contributed by atoms with Crippen molar-refractivity contribution in [3.05, 3.63) is 0 Å². The van der Waals surface area contributed by atoms with E-state index in [9.17, 15) is 10.1 Å². The lowest BCUT2D eigenvalue weighted by Crippen LogP contribution is -2.44. The van der Waals surface area contributed by atoms with Gasteiger partial charge in [0.1, 0.15) is 0 Å². The van der Waals surface area contributed by atoms with Crippen molar-refractivity contribution in [3.63, 3.8) is 0 Å². The number of nitriles is 1. The minimum Gasteiger partial charge on any atom is -0.353 e. The fraction of sp³-hybridized carbons (Fsp3) is 0.857. The van der Waals surface area contributed by atoms with Crippen LogP contribution in [0.2, 0.25) is 0 Å². The molecule has 2 unspecified atom stereocenters. The molecule has 0 radical (unpaired) electrons. The molecule has 0 spiro atoms. The molecule has 1 fully saturated rings. The van der Waals surface area contributed by atoms with E-state index >= 15 is 0 Å². The van der Waals surface area contributed by atoms with Gasteiger partial charge >= 0.3 is 0 Å². The van der Waals surface area contributed by atoms with Crippen molar-refractivity contribution in [3.8, 4) is 6.07 Å². The van der Waals surface area contributed by atoms with Crippen molar-refractivity contribution in [1.29, 1.82) is 5.26 Å². The summed E-state index contributed by atoms with van der Waals surface area (Å²) in [5.41, 5.74) is 0. The number of rotatable bonds is 4. The number of hydrogen-bond donors (Lipinski definition) is 1. The Morgan fingerprint density at radius 2 is 2.06 bits per heavy atom. The molecule has 0 aromatic carbocycles. The van der Waals surface area contributed by atoms with Crippen LogP contribution in [0.25, 0.3) is 0 Å². The molecule has 1 aliphatic rings. The third-order valence-electron chi connectivity index (χ3n) is 3.55. The summed E-state index contributed by atoms with van der Waals surface area (Å²) in [5.74, 6) is 0.123. The summed E-state index contributed by atoms with van der Waals surface area (Å²) in [6.45, 7) is 4.31. The highest BCUT2D eigenvalue weighted by molar-refractivity contribution is 5.78. The second kappa shape index (κ2) is 7.38. The molecule has 0 aromatic rings. The normalized spacial score (nSPS) is 24.7. The molecule has 0 saturated heterocycles. The first-order valence-electron chi connectivity index (χ1n) is 6.93. The van der Waals surface area contributed by atoms with Crippen molar-refractivity contribution in [2.45, 2.75) is 58.0 Å². The number of carbonyl (C=O) groups is 1. The fourth-order valence-electron chi connectivity index (χ4n) is 2.68. The van der Waals surface area contributed by atoms with Crippen LogP contribution in [0.5, 0.6) is 0 Å². The van der Waals surface area contributed by atoms with Crippen LogP contribution in [0, 0.1) is 17.2 Å². The number of amides is 1. The molecule has 1 amide bonds. The smallest absolute Gasteiger partial charge is 0.234 e. The highest BCUT2D eigenvalue weighted by atomic mass is 16.2. The Labute approximate surface area is 110 Å². The Balaban J connectivity index is 2.54. The van der Waals surface area contributed by atoms with Crippen molar-refractivity contribution >= 4 is 5.91 Å². The summed E-state index contributed by atoms with van der Waals surface area (Å²) in [5, 5.41) is 12.1. The summed E-state index contributed by atoms with van der Waals surface area (Å²) in [6.07, 6.45) is 5.52. The highest BCUT2D eigenvalue weighted by Gasteiger charge is 2.27. The zero-order valence-corrected chi connectivity index (χ0v) is 11.8. The zero-order chi connectivity index (χ0) is 13.5. The Hall–Kier alpha value is -1.08. The van der Waals surface area contributed by atoms with Crippen molar-refractivity contribution in [2.75, 3.05) is 13.6 Å². The van der Waals surface area contributed by atoms with Gasteiger partial charge in [-0.2, -0.15) is 5.26 Å². The topological polar surface area (TPSA) is 56.1 Å². The van der Waals surface area contributed by atoms with Gasteiger partial charge in [-0.3, -0.25) is 9.69 Å². The maximum atomic E-state index is 11.8. The first-order chi connectivity index (χ1) is 8.54. The molecule has 18 heavy (non-hydrogen) atoms. The molecule has 0 aromatic heterocycles. The predicted octanol–water partition coefficient (Wildman–Crippen LogP) is 1.92. The van der Waals surface area contributed by atoms with Crippen molar-refractivity contribution in [2.24, 2.45) is 5.92 Å². The molecule has 4 heteroatoms. The molecule has 1 aliphatic carbocycles. The van der Waals surface area contributed by atoms with Gasteiger partial charge in [-0.1, -0.05) is 19.3 Å². The molecule has 4 nitrogen and oxygen atoms in total. The lowest BCUT2D eigenvalue weighted by Gasteiger charge is -2.29. The minimum atomic E-state index is 0.0495. The lowest BCUT2D eigenvalue weighted by molar-refractivity contribution is -0.123. The summed E-state index contributed by atoms with van der Waals surface area (Å²) >= 11 is 0. The van der Waals surface area contributed by atoms with E-state index in [2.05, 4.69) is 16.3 Å². The van der Waals surface area contributed by atoms with Gasteiger partial charge in [-0.25, -0.2) is 0 Å². The first kappa shape index (κ1) is 15.0. The second-order valence-corrected chi connectivity index (χ2v) is 5.58. The third-order valence-corrected chi connectivity index (χ3v) is 3.55. The maximum absolute atomic E-state index is 11.8. The van der Waals surface area contributed by atoms with Gasteiger partial charge < -0.3 is 5.32 Å². The van der Waals surface area contributed by atoms with Crippen molar-refractivity contribution in [1.82, 2.24) is 10.2 Å². The Bertz CT molecular complexity index is 309. The van der Waals surface area contributed by atoms with Gasteiger partial charge in [0.15, 0.2) is 0 Å². The summed E-state index contributed by atoms with van der Waals surface area (Å²) < 4.78 is 0. The van der Waals surface area contributed by atoms with Gasteiger partial charge in [0.25, 0.3) is 0 Å². The van der Waals surface area contributed by atoms with E-state index < -0.39 is 0 Å². The van der Waals surface area contributed by atoms with Gasteiger partial charge in [-0.05, 0) is 33.7 Å². The van der Waals surface area contributed by atoms with E-state index in [1.54, 1.807) is 0 Å². The average Bonchev–Trinajstić information content (AvgIpc) is 2.52. The predicted molar refractivity (Wildman–Crippen MR) is 71.9 cm³/mol. The van der Waals surface area contributed by atoms with E-state index in [-0.39, 0.29) is 23.9 Å². The van der Waals surface area contributed by atoms with Crippen LogP contribution in [0.15, 0.2) is 0 Å². The monoisotopic (exact) mass is 251 g/mol. The third kappa shape index (κ3) is 4.66. The highest BCUT2D eigenvalue weighted by Crippen LogP contribution is 2.26. The minimum absolute atomic E-state index is 0.0495. The second-order valence-electron chi connectivity index (χ2n) is 5.58. The number of nitrogens with zero attached hydrogens (tertiary/aromatic N) is 2. The summed E-state index contributed by atoms with van der Waals surface area (Å²) in [6, 6.07) is 2.82. The summed E-state index contributed by atoms with van der Waals surface area (Å²) in [7, 11) is 1.96. The van der Waals surface area contributed by atoms with Crippen LogP contribution in [0.4, 0.5) is 0 Å². The molecule has 0 bridgehead atoms. The van der Waals surface area contributed by atoms with E-state index in [1.165, 1.54) is 12.8 Å². The molecule has 2 atom stereocenters. The molecule has 1 rings (SSSR count). The molecule has 1 N–H and O–H groups in total. The van der Waals surface area contributed by atoms with Crippen LogP contribution in [0.3, 0.4) is 0 Å². The number of hydrogen-bond acceptors (Lipinski definition) is 3. The zero-order valence-electron chi connectivity index (χ0n) is 11.8. The van der Waals surface area contributed by atoms with Crippen LogP contribution in [0.1, 0.15) is 46.0 Å². The van der Waals surface area contributed by atoms with Crippen molar-refractivity contribution < 1.29 is 4.79 Å². The van der Waals surface area contributed by atoms with Gasteiger partial charge in [0, 0.05) is 12.1 Å². The Kier molecular flexibility index (Phi) is 6.14. The largest absolute Gasteiger partial charge is 0.353 e. The van der Waals surface area contributed by atoms with E-state index in [1.807, 2.05) is 20.9 Å². The average molecular weight is 251 g/mol. The molecule has 102 valence electrons. The number of likely N-dealkylation sites (N-methyl/N-ethyl adjacent to an activating group) is 1. The Morgan fingerprint density at radius 3 is 2.67 bits per heavy atom. The number of carbonyl (C=O) groups excluding carboxylic acids is 1. The van der Waals surface area contributed by atoms with Gasteiger partial charge in [-0.15, -0.1) is 0 Å². The number of nitrogens with one attached hydrogen (secondary N) is 1.